The molecule has 7 nitrogen and oxygen atoms in total. The van der Waals surface area contributed by atoms with E-state index in [1.807, 2.05) is 49.4 Å². The van der Waals surface area contributed by atoms with Crippen LogP contribution in [0.15, 0.2) is 54.6 Å². The molecule has 3 N–H and O–H groups in total. The van der Waals surface area contributed by atoms with E-state index < -0.39 is 0 Å². The van der Waals surface area contributed by atoms with Crippen molar-refractivity contribution in [3.63, 3.8) is 0 Å². The first-order valence-corrected chi connectivity index (χ1v) is 9.50. The van der Waals surface area contributed by atoms with Crippen LogP contribution >= 0.6 is 0 Å². The van der Waals surface area contributed by atoms with Gasteiger partial charge in [-0.2, -0.15) is 0 Å². The van der Waals surface area contributed by atoms with Crippen LogP contribution in [-0.4, -0.2) is 38.3 Å². The molecule has 1 aliphatic rings. The lowest BCUT2D eigenvalue weighted by atomic mass is 10.1. The van der Waals surface area contributed by atoms with Crippen LogP contribution in [0.1, 0.15) is 25.0 Å². The van der Waals surface area contributed by atoms with Crippen molar-refractivity contribution in [3.05, 3.63) is 60.2 Å². The fraction of sp³-hybridized carbons (Fsp3) is 0.333. The van der Waals surface area contributed by atoms with Crippen molar-refractivity contribution in [2.75, 3.05) is 36.5 Å². The molecule has 1 fully saturated rings. The molecule has 2 aromatic carbocycles. The van der Waals surface area contributed by atoms with E-state index >= 15 is 0 Å². The zero-order chi connectivity index (χ0) is 19.8. The van der Waals surface area contributed by atoms with Gasteiger partial charge in [0.1, 0.15) is 0 Å². The number of rotatable bonds is 8. The van der Waals surface area contributed by atoms with Gasteiger partial charge in [-0.25, -0.2) is 9.59 Å². The normalized spacial score (nSPS) is 14.5. The molecule has 0 aliphatic carbocycles. The number of ether oxygens (including phenoxy) is 1. The molecule has 7 heteroatoms. The largest absolute Gasteiger partial charge is 0.374 e. The predicted octanol–water partition coefficient (Wildman–Crippen LogP) is 3.51. The van der Waals surface area contributed by atoms with Crippen molar-refractivity contribution < 1.29 is 14.3 Å². The summed E-state index contributed by atoms with van der Waals surface area (Å²) in [5, 5.41) is 8.38. The van der Waals surface area contributed by atoms with Crippen LogP contribution in [0.2, 0.25) is 0 Å². The third kappa shape index (κ3) is 5.47. The minimum atomic E-state index is -0.279. The molecule has 1 atom stereocenters. The van der Waals surface area contributed by atoms with E-state index in [0.29, 0.717) is 31.9 Å². The Kier molecular flexibility index (Phi) is 6.86. The Morgan fingerprint density at radius 1 is 1.21 bits per heavy atom. The second kappa shape index (κ2) is 9.75. The third-order valence-corrected chi connectivity index (χ3v) is 4.52. The first-order valence-electron chi connectivity index (χ1n) is 9.50. The maximum atomic E-state index is 12.1. The maximum Gasteiger partial charge on any atom is 0.321 e. The average Bonchev–Trinajstić information content (AvgIpc) is 3.14. The maximum absolute atomic E-state index is 12.1. The van der Waals surface area contributed by atoms with Crippen molar-refractivity contribution in [1.29, 1.82) is 0 Å². The second-order valence-corrected chi connectivity index (χ2v) is 6.59. The summed E-state index contributed by atoms with van der Waals surface area (Å²) in [5.41, 5.74) is 2.54. The Morgan fingerprint density at radius 3 is 2.79 bits per heavy atom. The monoisotopic (exact) mass is 382 g/mol. The van der Waals surface area contributed by atoms with Gasteiger partial charge in [0.25, 0.3) is 0 Å². The van der Waals surface area contributed by atoms with Crippen LogP contribution in [0, 0.1) is 0 Å². The minimum absolute atomic E-state index is 0.0283. The van der Waals surface area contributed by atoms with Crippen molar-refractivity contribution in [3.8, 4) is 0 Å². The SMILES string of the molecule is CC(OCCCNC(=O)Nc1cccc(N2CCNC2=O)c1)c1ccccc1. The Balaban J connectivity index is 1.37. The number of nitrogens with zero attached hydrogens (tertiary/aromatic N) is 1. The molecule has 0 radical (unpaired) electrons. The van der Waals surface area contributed by atoms with Crippen LogP contribution in [0.5, 0.6) is 0 Å². The summed E-state index contributed by atoms with van der Waals surface area (Å²) in [5.74, 6) is 0. The van der Waals surface area contributed by atoms with E-state index in [1.54, 1.807) is 17.0 Å². The molecule has 3 rings (SSSR count). The van der Waals surface area contributed by atoms with E-state index in [2.05, 4.69) is 16.0 Å². The van der Waals surface area contributed by atoms with Gasteiger partial charge in [0, 0.05) is 37.6 Å². The minimum Gasteiger partial charge on any atom is -0.374 e. The molecule has 4 amide bonds. The van der Waals surface area contributed by atoms with E-state index in [9.17, 15) is 9.59 Å². The number of hydrogen-bond donors (Lipinski definition) is 3. The van der Waals surface area contributed by atoms with Gasteiger partial charge >= 0.3 is 12.1 Å². The van der Waals surface area contributed by atoms with Gasteiger partial charge in [0.2, 0.25) is 0 Å². The molecule has 1 heterocycles. The van der Waals surface area contributed by atoms with E-state index in [0.717, 1.165) is 17.7 Å². The summed E-state index contributed by atoms with van der Waals surface area (Å²) in [7, 11) is 0. The zero-order valence-electron chi connectivity index (χ0n) is 16.0. The molecule has 1 saturated heterocycles. The average molecular weight is 382 g/mol. The van der Waals surface area contributed by atoms with Crippen molar-refractivity contribution >= 4 is 23.4 Å². The molecule has 0 bridgehead atoms. The first kappa shape index (κ1) is 19.7. The van der Waals surface area contributed by atoms with Crippen molar-refractivity contribution in [1.82, 2.24) is 10.6 Å². The standard InChI is InChI=1S/C21H26N4O3/c1-16(17-7-3-2-4-8-17)28-14-6-11-22-20(26)24-18-9-5-10-19(15-18)25-13-12-23-21(25)27/h2-5,7-10,15-16H,6,11-14H2,1H3,(H,23,27)(H2,22,24,26). The molecule has 148 valence electrons. The molecule has 28 heavy (non-hydrogen) atoms. The first-order chi connectivity index (χ1) is 13.6. The second-order valence-electron chi connectivity index (χ2n) is 6.59. The highest BCUT2D eigenvalue weighted by molar-refractivity contribution is 5.95. The highest BCUT2D eigenvalue weighted by atomic mass is 16.5. The summed E-state index contributed by atoms with van der Waals surface area (Å²) in [4.78, 5) is 25.5. The Bertz CT molecular complexity index is 797. The highest BCUT2D eigenvalue weighted by Crippen LogP contribution is 2.21. The number of hydrogen-bond acceptors (Lipinski definition) is 3. The van der Waals surface area contributed by atoms with Gasteiger partial charge < -0.3 is 20.7 Å². The molecular weight excluding hydrogens is 356 g/mol. The summed E-state index contributed by atoms with van der Waals surface area (Å²) >= 11 is 0. The quantitative estimate of drug-likeness (QED) is 0.611. The van der Waals surface area contributed by atoms with Crippen molar-refractivity contribution in [2.24, 2.45) is 0 Å². The van der Waals surface area contributed by atoms with Crippen molar-refractivity contribution in [2.45, 2.75) is 19.4 Å². The topological polar surface area (TPSA) is 82.7 Å². The summed E-state index contributed by atoms with van der Waals surface area (Å²) in [6.07, 6.45) is 0.749. The Labute approximate surface area is 165 Å². The van der Waals surface area contributed by atoms with Crippen LogP contribution in [-0.2, 0) is 4.74 Å². The van der Waals surface area contributed by atoms with Crippen LogP contribution in [0.4, 0.5) is 21.0 Å². The van der Waals surface area contributed by atoms with Crippen LogP contribution < -0.4 is 20.9 Å². The smallest absolute Gasteiger partial charge is 0.321 e. The number of urea groups is 2. The third-order valence-electron chi connectivity index (χ3n) is 4.52. The molecule has 2 aromatic rings. The zero-order valence-corrected chi connectivity index (χ0v) is 16.0. The molecular formula is C21H26N4O3. The number of amides is 4. The fourth-order valence-corrected chi connectivity index (χ4v) is 3.00. The number of carbonyl (C=O) groups is 2. The highest BCUT2D eigenvalue weighted by Gasteiger charge is 2.21. The van der Waals surface area contributed by atoms with Gasteiger partial charge in [-0.05, 0) is 37.1 Å². The number of nitrogens with one attached hydrogen (secondary N) is 3. The van der Waals surface area contributed by atoms with Crippen LogP contribution in [0.3, 0.4) is 0 Å². The van der Waals surface area contributed by atoms with E-state index in [1.165, 1.54) is 0 Å². The van der Waals surface area contributed by atoms with Gasteiger partial charge in [-0.15, -0.1) is 0 Å². The Hall–Kier alpha value is -3.06. The predicted molar refractivity (Wildman–Crippen MR) is 110 cm³/mol. The lowest BCUT2D eigenvalue weighted by Crippen LogP contribution is -2.30. The molecule has 0 saturated carbocycles. The lowest BCUT2D eigenvalue weighted by Gasteiger charge is -2.16. The summed E-state index contributed by atoms with van der Waals surface area (Å²) < 4.78 is 5.80. The summed E-state index contributed by atoms with van der Waals surface area (Å²) in [6, 6.07) is 16.9. The van der Waals surface area contributed by atoms with Gasteiger partial charge in [-0.1, -0.05) is 36.4 Å². The van der Waals surface area contributed by atoms with Gasteiger partial charge in [0.15, 0.2) is 0 Å². The van der Waals surface area contributed by atoms with Gasteiger partial charge in [0.05, 0.1) is 6.10 Å². The molecule has 0 aromatic heterocycles. The molecule has 1 aliphatic heterocycles. The van der Waals surface area contributed by atoms with E-state index in [4.69, 9.17) is 4.74 Å². The fourth-order valence-electron chi connectivity index (χ4n) is 3.00. The number of anilines is 2. The van der Waals surface area contributed by atoms with E-state index in [-0.39, 0.29) is 18.2 Å². The van der Waals surface area contributed by atoms with Crippen LogP contribution in [0.25, 0.3) is 0 Å². The number of benzene rings is 2. The molecule has 0 spiro atoms. The Morgan fingerprint density at radius 2 is 2.04 bits per heavy atom. The van der Waals surface area contributed by atoms with Gasteiger partial charge in [-0.3, -0.25) is 4.90 Å². The lowest BCUT2D eigenvalue weighted by molar-refractivity contribution is 0.0644. The summed E-state index contributed by atoms with van der Waals surface area (Å²) in [6.45, 7) is 4.35. The molecule has 1 unspecified atom stereocenters. The number of carbonyl (C=O) groups excluding carboxylic acids is 2.